The van der Waals surface area contributed by atoms with Gasteiger partial charge in [0.1, 0.15) is 5.75 Å². The van der Waals surface area contributed by atoms with Crippen LogP contribution in [-0.4, -0.2) is 29.3 Å². The van der Waals surface area contributed by atoms with Gasteiger partial charge in [-0.15, -0.1) is 0 Å². The Labute approximate surface area is 136 Å². The van der Waals surface area contributed by atoms with Crippen molar-refractivity contribution in [2.24, 2.45) is 0 Å². The topological polar surface area (TPSA) is 49.8 Å². The lowest BCUT2D eigenvalue weighted by atomic mass is 9.85. The van der Waals surface area contributed by atoms with E-state index in [1.54, 1.807) is 17.0 Å². The molecule has 120 valence electrons. The Morgan fingerprint density at radius 3 is 2.78 bits per heavy atom. The maximum atomic E-state index is 12.1. The summed E-state index contributed by atoms with van der Waals surface area (Å²) in [4.78, 5) is 13.9. The molecule has 1 aliphatic rings. The smallest absolute Gasteiger partial charge is 0.410 e. The first-order valence-corrected chi connectivity index (χ1v) is 7.94. The van der Waals surface area contributed by atoms with Crippen LogP contribution in [-0.2, 0) is 17.7 Å². The van der Waals surface area contributed by atoms with E-state index in [4.69, 9.17) is 4.74 Å². The first-order valence-electron chi connectivity index (χ1n) is 7.94. The molecule has 1 atom stereocenters. The van der Waals surface area contributed by atoms with E-state index in [2.05, 4.69) is 12.1 Å². The van der Waals surface area contributed by atoms with Crippen molar-refractivity contribution in [1.29, 1.82) is 0 Å². The van der Waals surface area contributed by atoms with E-state index in [-0.39, 0.29) is 17.8 Å². The molecule has 0 radical (unpaired) electrons. The fourth-order valence-electron chi connectivity index (χ4n) is 3.19. The third kappa shape index (κ3) is 3.47. The van der Waals surface area contributed by atoms with E-state index in [1.807, 2.05) is 31.2 Å². The largest absolute Gasteiger partial charge is 0.508 e. The predicted octanol–water partition coefficient (Wildman–Crippen LogP) is 3.69. The van der Waals surface area contributed by atoms with Crippen LogP contribution >= 0.6 is 0 Å². The van der Waals surface area contributed by atoms with Gasteiger partial charge in [-0.3, -0.25) is 0 Å². The highest BCUT2D eigenvalue weighted by atomic mass is 16.6. The van der Waals surface area contributed by atoms with Crippen molar-refractivity contribution in [3.63, 3.8) is 0 Å². The molecule has 1 heterocycles. The van der Waals surface area contributed by atoms with Crippen LogP contribution in [0, 0.1) is 0 Å². The Kier molecular flexibility index (Phi) is 4.51. The third-order valence-corrected chi connectivity index (χ3v) is 4.22. The Hall–Kier alpha value is -2.49. The van der Waals surface area contributed by atoms with Gasteiger partial charge in [0.2, 0.25) is 0 Å². The van der Waals surface area contributed by atoms with Crippen LogP contribution in [0.2, 0.25) is 0 Å². The normalized spacial score (nSPS) is 16.7. The van der Waals surface area contributed by atoms with Gasteiger partial charge < -0.3 is 14.7 Å². The number of amides is 1. The molecule has 1 unspecified atom stereocenters. The minimum absolute atomic E-state index is 0.200. The zero-order chi connectivity index (χ0) is 16.2. The van der Waals surface area contributed by atoms with Crippen LogP contribution in [0.25, 0.3) is 0 Å². The van der Waals surface area contributed by atoms with Crippen molar-refractivity contribution < 1.29 is 14.6 Å². The summed E-state index contributed by atoms with van der Waals surface area (Å²) in [6.45, 7) is 3.29. The number of ether oxygens (including phenoxy) is 1. The molecule has 0 saturated heterocycles. The van der Waals surface area contributed by atoms with Gasteiger partial charge in [-0.2, -0.15) is 0 Å². The molecule has 0 spiro atoms. The van der Waals surface area contributed by atoms with Crippen LogP contribution in [0.1, 0.15) is 29.5 Å². The lowest BCUT2D eigenvalue weighted by Crippen LogP contribution is -2.39. The van der Waals surface area contributed by atoms with E-state index in [0.29, 0.717) is 19.7 Å². The second kappa shape index (κ2) is 6.73. The van der Waals surface area contributed by atoms with Crippen molar-refractivity contribution in [3.05, 3.63) is 65.2 Å². The molecule has 0 fully saturated rings. The van der Waals surface area contributed by atoms with Gasteiger partial charge in [-0.1, -0.05) is 36.4 Å². The maximum Gasteiger partial charge on any atom is 0.410 e. The van der Waals surface area contributed by atoms with Crippen LogP contribution in [0.3, 0.4) is 0 Å². The Bertz CT molecular complexity index is 684. The van der Waals surface area contributed by atoms with Gasteiger partial charge in [-0.05, 0) is 42.2 Å². The highest BCUT2D eigenvalue weighted by molar-refractivity contribution is 5.68. The Morgan fingerprint density at radius 2 is 2.04 bits per heavy atom. The van der Waals surface area contributed by atoms with Crippen LogP contribution in [0.15, 0.2) is 48.5 Å². The molecule has 0 aromatic heterocycles. The maximum absolute atomic E-state index is 12.1. The van der Waals surface area contributed by atoms with Gasteiger partial charge in [-0.25, -0.2) is 4.79 Å². The number of phenolic OH excluding ortho intramolecular Hbond substituents is 1. The molecule has 2 aromatic carbocycles. The van der Waals surface area contributed by atoms with Gasteiger partial charge in [0.05, 0.1) is 6.61 Å². The minimum atomic E-state index is -0.292. The molecule has 4 heteroatoms. The van der Waals surface area contributed by atoms with Gasteiger partial charge in [0, 0.05) is 19.0 Å². The number of aromatic hydroxyl groups is 1. The van der Waals surface area contributed by atoms with Crippen LogP contribution in [0.5, 0.6) is 5.75 Å². The first-order chi connectivity index (χ1) is 11.2. The van der Waals surface area contributed by atoms with Gasteiger partial charge >= 0.3 is 6.09 Å². The monoisotopic (exact) mass is 311 g/mol. The summed E-state index contributed by atoms with van der Waals surface area (Å²) in [5, 5.41) is 9.76. The molecular weight excluding hydrogens is 290 g/mol. The molecule has 0 aliphatic carbocycles. The number of rotatable bonds is 3. The van der Waals surface area contributed by atoms with Crippen molar-refractivity contribution >= 4 is 6.09 Å². The standard InChI is InChI=1S/C19H21NO3/c1-2-23-19(22)20-12-15(10-14-6-4-3-5-7-14)18-9-8-17(21)11-16(18)13-20/h3-9,11,15,21H,2,10,12-13H2,1H3. The molecule has 1 N–H and O–H groups in total. The molecule has 0 bridgehead atoms. The SMILES string of the molecule is CCOC(=O)N1Cc2cc(O)ccc2C(Cc2ccccc2)C1. The lowest BCUT2D eigenvalue weighted by Gasteiger charge is -2.34. The highest BCUT2D eigenvalue weighted by Crippen LogP contribution is 2.33. The fourth-order valence-corrected chi connectivity index (χ4v) is 3.19. The van der Waals surface area contributed by atoms with E-state index < -0.39 is 0 Å². The van der Waals surface area contributed by atoms with Gasteiger partial charge in [0.25, 0.3) is 0 Å². The first kappa shape index (κ1) is 15.4. The van der Waals surface area contributed by atoms with Crippen molar-refractivity contribution in [2.75, 3.05) is 13.2 Å². The second-order valence-electron chi connectivity index (χ2n) is 5.85. The zero-order valence-corrected chi connectivity index (χ0v) is 13.2. The number of carbonyl (C=O) groups excluding carboxylic acids is 1. The summed E-state index contributed by atoms with van der Waals surface area (Å²) in [7, 11) is 0. The third-order valence-electron chi connectivity index (χ3n) is 4.22. The Morgan fingerprint density at radius 1 is 1.26 bits per heavy atom. The van der Waals surface area contributed by atoms with Gasteiger partial charge in [0.15, 0.2) is 0 Å². The molecule has 23 heavy (non-hydrogen) atoms. The number of carbonyl (C=O) groups is 1. The van der Waals surface area contributed by atoms with E-state index >= 15 is 0 Å². The van der Waals surface area contributed by atoms with Crippen molar-refractivity contribution in [3.8, 4) is 5.75 Å². The number of hydrogen-bond acceptors (Lipinski definition) is 3. The summed E-state index contributed by atoms with van der Waals surface area (Å²) >= 11 is 0. The van der Waals surface area contributed by atoms with Crippen LogP contribution < -0.4 is 0 Å². The summed E-state index contributed by atoms with van der Waals surface area (Å²) in [6.07, 6.45) is 0.564. The number of fused-ring (bicyclic) bond motifs is 1. The van der Waals surface area contributed by atoms with Crippen molar-refractivity contribution in [2.45, 2.75) is 25.8 Å². The average molecular weight is 311 g/mol. The summed E-state index contributed by atoms with van der Waals surface area (Å²) in [5.74, 6) is 0.430. The lowest BCUT2D eigenvalue weighted by molar-refractivity contribution is 0.0984. The minimum Gasteiger partial charge on any atom is -0.508 e. The molecular formula is C19H21NO3. The molecule has 2 aromatic rings. The predicted molar refractivity (Wildman–Crippen MR) is 88.4 cm³/mol. The second-order valence-corrected chi connectivity index (χ2v) is 5.85. The fraction of sp³-hybridized carbons (Fsp3) is 0.316. The van der Waals surface area contributed by atoms with E-state index in [1.165, 1.54) is 11.1 Å². The highest BCUT2D eigenvalue weighted by Gasteiger charge is 2.29. The molecule has 4 nitrogen and oxygen atoms in total. The van der Waals surface area contributed by atoms with Crippen molar-refractivity contribution in [1.82, 2.24) is 4.90 Å². The summed E-state index contributed by atoms with van der Waals surface area (Å²) in [5.41, 5.74) is 3.43. The Balaban J connectivity index is 1.89. The molecule has 1 aliphatic heterocycles. The summed E-state index contributed by atoms with van der Waals surface area (Å²) in [6, 6.07) is 15.7. The van der Waals surface area contributed by atoms with E-state index in [9.17, 15) is 9.90 Å². The van der Waals surface area contributed by atoms with Crippen LogP contribution in [0.4, 0.5) is 4.79 Å². The zero-order valence-electron chi connectivity index (χ0n) is 13.2. The quantitative estimate of drug-likeness (QED) is 0.940. The number of phenols is 1. The average Bonchev–Trinajstić information content (AvgIpc) is 2.55. The summed E-state index contributed by atoms with van der Waals surface area (Å²) < 4.78 is 5.15. The van der Waals surface area contributed by atoms with E-state index in [0.717, 1.165) is 12.0 Å². The number of benzene rings is 2. The number of nitrogens with zero attached hydrogens (tertiary/aromatic N) is 1. The molecule has 1 amide bonds. The number of hydrogen-bond donors (Lipinski definition) is 1. The molecule has 0 saturated carbocycles. The molecule has 3 rings (SSSR count).